The topological polar surface area (TPSA) is 72.5 Å². The molecule has 0 atom stereocenters. The van der Waals surface area contributed by atoms with E-state index in [1.807, 2.05) is 19.1 Å². The molecule has 2 aromatic carbocycles. The summed E-state index contributed by atoms with van der Waals surface area (Å²) in [5, 5.41) is 0. The Labute approximate surface area is 136 Å². The summed E-state index contributed by atoms with van der Waals surface area (Å²) in [4.78, 5) is 11.8. The second kappa shape index (κ2) is 6.83. The molecule has 5 nitrogen and oxygen atoms in total. The maximum Gasteiger partial charge on any atom is 0.338 e. The van der Waals surface area contributed by atoms with E-state index in [0.29, 0.717) is 11.3 Å². The number of ether oxygens (including phenoxy) is 1. The molecule has 1 N–H and O–H groups in total. The Bertz CT molecular complexity index is 778. The normalized spacial score (nSPS) is 11.3. The highest BCUT2D eigenvalue weighted by Crippen LogP contribution is 2.17. The quantitative estimate of drug-likeness (QED) is 0.852. The number of benzene rings is 2. The summed E-state index contributed by atoms with van der Waals surface area (Å²) >= 11 is 0. The SMILES string of the molecule is Cc1ccc(NS(=O)(=O)c2ccc(C(=O)OC(C)C)cc2)cc1. The molecule has 0 bridgehead atoms. The van der Waals surface area contributed by atoms with Gasteiger partial charge < -0.3 is 4.74 Å². The molecule has 0 aliphatic carbocycles. The van der Waals surface area contributed by atoms with Crippen LogP contribution in [0.15, 0.2) is 53.4 Å². The van der Waals surface area contributed by atoms with Crippen LogP contribution in [0.5, 0.6) is 0 Å². The molecule has 0 aromatic heterocycles. The highest BCUT2D eigenvalue weighted by molar-refractivity contribution is 7.92. The van der Waals surface area contributed by atoms with Crippen molar-refractivity contribution < 1.29 is 17.9 Å². The number of rotatable bonds is 5. The highest BCUT2D eigenvalue weighted by Gasteiger charge is 2.16. The van der Waals surface area contributed by atoms with E-state index in [-0.39, 0.29) is 11.0 Å². The Hall–Kier alpha value is -2.34. The second-order valence-corrected chi connectivity index (χ2v) is 7.13. The minimum Gasteiger partial charge on any atom is -0.459 e. The fraction of sp³-hybridized carbons (Fsp3) is 0.235. The zero-order valence-corrected chi connectivity index (χ0v) is 14.1. The highest BCUT2D eigenvalue weighted by atomic mass is 32.2. The van der Waals surface area contributed by atoms with Gasteiger partial charge in [-0.25, -0.2) is 13.2 Å². The summed E-state index contributed by atoms with van der Waals surface area (Å²) in [6, 6.07) is 12.7. The van der Waals surface area contributed by atoms with Crippen LogP contribution in [0.3, 0.4) is 0 Å². The standard InChI is InChI=1S/C17H19NO4S/c1-12(2)22-17(19)14-6-10-16(11-7-14)23(20,21)18-15-8-4-13(3)5-9-15/h4-12,18H,1-3H3. The van der Waals surface area contributed by atoms with Crippen LogP contribution in [0.2, 0.25) is 0 Å². The largest absolute Gasteiger partial charge is 0.459 e. The lowest BCUT2D eigenvalue weighted by molar-refractivity contribution is 0.0378. The number of hydrogen-bond donors (Lipinski definition) is 1. The summed E-state index contributed by atoms with van der Waals surface area (Å²) in [5.41, 5.74) is 1.84. The van der Waals surface area contributed by atoms with Crippen molar-refractivity contribution in [3.8, 4) is 0 Å². The molecule has 0 saturated carbocycles. The number of esters is 1. The summed E-state index contributed by atoms with van der Waals surface area (Å²) < 4.78 is 32.2. The number of carbonyl (C=O) groups is 1. The van der Waals surface area contributed by atoms with Gasteiger partial charge in [0.1, 0.15) is 0 Å². The number of nitrogens with one attached hydrogen (secondary N) is 1. The molecular weight excluding hydrogens is 314 g/mol. The summed E-state index contributed by atoms with van der Waals surface area (Å²) in [5.74, 6) is -0.476. The van der Waals surface area contributed by atoms with Crippen LogP contribution >= 0.6 is 0 Å². The van der Waals surface area contributed by atoms with Gasteiger partial charge in [-0.3, -0.25) is 4.72 Å². The van der Waals surface area contributed by atoms with Crippen molar-refractivity contribution in [1.82, 2.24) is 0 Å². The van der Waals surface area contributed by atoms with E-state index in [9.17, 15) is 13.2 Å². The molecule has 0 saturated heterocycles. The number of sulfonamides is 1. The van der Waals surface area contributed by atoms with Gasteiger partial charge in [0.15, 0.2) is 0 Å². The van der Waals surface area contributed by atoms with E-state index in [0.717, 1.165) is 5.56 Å². The molecule has 0 heterocycles. The van der Waals surface area contributed by atoms with Crippen LogP contribution in [0.4, 0.5) is 5.69 Å². The fourth-order valence-corrected chi connectivity index (χ4v) is 2.95. The Morgan fingerprint density at radius 1 is 1.00 bits per heavy atom. The Morgan fingerprint density at radius 3 is 2.09 bits per heavy atom. The molecule has 23 heavy (non-hydrogen) atoms. The van der Waals surface area contributed by atoms with Crippen molar-refractivity contribution in [2.45, 2.75) is 31.8 Å². The molecule has 2 aromatic rings. The van der Waals surface area contributed by atoms with E-state index in [2.05, 4.69) is 4.72 Å². The van der Waals surface area contributed by atoms with Crippen molar-refractivity contribution in [3.05, 3.63) is 59.7 Å². The van der Waals surface area contributed by atoms with Gasteiger partial charge >= 0.3 is 5.97 Å². The monoisotopic (exact) mass is 333 g/mol. The third kappa shape index (κ3) is 4.56. The molecule has 2 rings (SSSR count). The molecule has 0 aliphatic rings. The average molecular weight is 333 g/mol. The zero-order valence-electron chi connectivity index (χ0n) is 13.2. The minimum atomic E-state index is -3.69. The van der Waals surface area contributed by atoms with Gasteiger partial charge in [-0.2, -0.15) is 0 Å². The first-order chi connectivity index (χ1) is 10.8. The molecule has 0 radical (unpaired) electrons. The van der Waals surface area contributed by atoms with Crippen molar-refractivity contribution in [1.29, 1.82) is 0 Å². The van der Waals surface area contributed by atoms with Crippen molar-refractivity contribution >= 4 is 21.7 Å². The van der Waals surface area contributed by atoms with Gasteiger partial charge in [0.25, 0.3) is 10.0 Å². The van der Waals surface area contributed by atoms with Crippen LogP contribution in [0.1, 0.15) is 29.8 Å². The lowest BCUT2D eigenvalue weighted by atomic mass is 10.2. The Balaban J connectivity index is 2.17. The van der Waals surface area contributed by atoms with Crippen LogP contribution < -0.4 is 4.72 Å². The Morgan fingerprint density at radius 2 is 1.57 bits per heavy atom. The first kappa shape index (κ1) is 17.0. The van der Waals surface area contributed by atoms with E-state index in [1.54, 1.807) is 26.0 Å². The van der Waals surface area contributed by atoms with Crippen molar-refractivity contribution in [3.63, 3.8) is 0 Å². The molecular formula is C17H19NO4S. The molecule has 122 valence electrons. The molecule has 0 aliphatic heterocycles. The number of hydrogen-bond acceptors (Lipinski definition) is 4. The van der Waals surface area contributed by atoms with Crippen molar-refractivity contribution in [2.75, 3.05) is 4.72 Å². The lowest BCUT2D eigenvalue weighted by Crippen LogP contribution is -2.14. The fourth-order valence-electron chi connectivity index (χ4n) is 1.89. The van der Waals surface area contributed by atoms with Gasteiger partial charge in [-0.05, 0) is 57.2 Å². The summed E-state index contributed by atoms with van der Waals surface area (Å²) in [7, 11) is -3.69. The number of carbonyl (C=O) groups excluding carboxylic acids is 1. The van der Waals surface area contributed by atoms with E-state index in [1.165, 1.54) is 24.3 Å². The van der Waals surface area contributed by atoms with Crippen LogP contribution in [-0.4, -0.2) is 20.5 Å². The van der Waals surface area contributed by atoms with Gasteiger partial charge in [0.2, 0.25) is 0 Å². The molecule has 6 heteroatoms. The first-order valence-electron chi connectivity index (χ1n) is 7.18. The van der Waals surface area contributed by atoms with Crippen LogP contribution in [0, 0.1) is 6.92 Å². The average Bonchev–Trinajstić information content (AvgIpc) is 2.49. The molecule has 0 fully saturated rings. The number of anilines is 1. The predicted octanol–water partition coefficient (Wildman–Crippen LogP) is 3.36. The smallest absolute Gasteiger partial charge is 0.338 e. The number of aryl methyl sites for hydroxylation is 1. The van der Waals surface area contributed by atoms with Gasteiger partial charge in [-0.15, -0.1) is 0 Å². The summed E-state index contributed by atoms with van der Waals surface area (Å²) in [6.07, 6.45) is -0.228. The zero-order chi connectivity index (χ0) is 17.0. The Kier molecular flexibility index (Phi) is 5.05. The maximum atomic E-state index is 12.3. The van der Waals surface area contributed by atoms with Crippen molar-refractivity contribution in [2.24, 2.45) is 0 Å². The third-order valence-corrected chi connectivity index (χ3v) is 4.44. The predicted molar refractivity (Wildman–Crippen MR) is 89.0 cm³/mol. The van der Waals surface area contributed by atoms with Crippen LogP contribution in [-0.2, 0) is 14.8 Å². The van der Waals surface area contributed by atoms with Gasteiger partial charge in [0, 0.05) is 5.69 Å². The van der Waals surface area contributed by atoms with E-state index in [4.69, 9.17) is 4.74 Å². The minimum absolute atomic E-state index is 0.0826. The van der Waals surface area contributed by atoms with Gasteiger partial charge in [-0.1, -0.05) is 17.7 Å². The second-order valence-electron chi connectivity index (χ2n) is 5.45. The molecule has 0 spiro atoms. The maximum absolute atomic E-state index is 12.3. The van der Waals surface area contributed by atoms with E-state index >= 15 is 0 Å². The van der Waals surface area contributed by atoms with Gasteiger partial charge in [0.05, 0.1) is 16.6 Å². The van der Waals surface area contributed by atoms with E-state index < -0.39 is 16.0 Å². The third-order valence-electron chi connectivity index (χ3n) is 3.05. The molecule has 0 amide bonds. The lowest BCUT2D eigenvalue weighted by Gasteiger charge is -2.10. The van der Waals surface area contributed by atoms with Crippen LogP contribution in [0.25, 0.3) is 0 Å². The first-order valence-corrected chi connectivity index (χ1v) is 8.67. The summed E-state index contributed by atoms with van der Waals surface area (Å²) in [6.45, 7) is 5.43. The molecule has 0 unspecified atom stereocenters.